The molecule has 0 amide bonds. The number of aromatic nitrogens is 1. The largest absolute Gasteiger partial charge is 0.491 e. The zero-order valence-electron chi connectivity index (χ0n) is 11.7. The second-order valence-electron chi connectivity index (χ2n) is 4.55. The summed E-state index contributed by atoms with van der Waals surface area (Å²) >= 11 is 0. The van der Waals surface area contributed by atoms with Gasteiger partial charge in [-0.2, -0.15) is 5.26 Å². The van der Waals surface area contributed by atoms with E-state index in [1.165, 1.54) is 0 Å². The van der Waals surface area contributed by atoms with Crippen LogP contribution in [0.1, 0.15) is 11.3 Å². The second kappa shape index (κ2) is 6.58. The molecule has 2 aromatic rings. The average Bonchev–Trinajstić information content (AvgIpc) is 2.49. The number of benzene rings is 1. The Morgan fingerprint density at radius 3 is 2.70 bits per heavy atom. The molecule has 0 radical (unpaired) electrons. The first-order valence-corrected chi connectivity index (χ1v) is 6.46. The van der Waals surface area contributed by atoms with E-state index >= 15 is 0 Å². The molecule has 20 heavy (non-hydrogen) atoms. The van der Waals surface area contributed by atoms with Crippen LogP contribution in [0.5, 0.6) is 5.75 Å². The van der Waals surface area contributed by atoms with Gasteiger partial charge in [-0.15, -0.1) is 0 Å². The summed E-state index contributed by atoms with van der Waals surface area (Å²) in [6.07, 6.45) is 1.70. The predicted molar refractivity (Wildman–Crippen MR) is 78.9 cm³/mol. The van der Waals surface area contributed by atoms with Crippen LogP contribution >= 0.6 is 0 Å². The molecule has 0 saturated heterocycles. The summed E-state index contributed by atoms with van der Waals surface area (Å²) in [6, 6.07) is 13.6. The predicted octanol–water partition coefficient (Wildman–Crippen LogP) is 2.78. The van der Waals surface area contributed by atoms with Crippen molar-refractivity contribution < 1.29 is 4.74 Å². The van der Waals surface area contributed by atoms with E-state index in [0.717, 1.165) is 23.5 Å². The van der Waals surface area contributed by atoms with Gasteiger partial charge in [-0.1, -0.05) is 18.2 Å². The molecule has 0 saturated carbocycles. The van der Waals surface area contributed by atoms with Crippen molar-refractivity contribution in [3.8, 4) is 11.8 Å². The number of anilines is 1. The number of nitrogens with zero attached hydrogens (tertiary/aromatic N) is 3. The van der Waals surface area contributed by atoms with Crippen LogP contribution in [0.3, 0.4) is 0 Å². The summed E-state index contributed by atoms with van der Waals surface area (Å²) < 4.78 is 5.76. The minimum atomic E-state index is 0.429. The van der Waals surface area contributed by atoms with Gasteiger partial charge in [-0.3, -0.25) is 0 Å². The maximum atomic E-state index is 8.71. The molecular weight excluding hydrogens is 250 g/mol. The van der Waals surface area contributed by atoms with Crippen LogP contribution in [0.4, 0.5) is 5.69 Å². The van der Waals surface area contributed by atoms with Crippen molar-refractivity contribution >= 4 is 5.69 Å². The standard InChI is InChI=1S/C16H17N3O/c1-13-5-3-4-6-16(13)20-10-9-19(2)15-8-7-14(11-17)18-12-15/h3-8,12H,9-10H2,1-2H3. The summed E-state index contributed by atoms with van der Waals surface area (Å²) in [7, 11) is 1.98. The maximum Gasteiger partial charge on any atom is 0.140 e. The first-order chi connectivity index (χ1) is 9.70. The average molecular weight is 267 g/mol. The summed E-state index contributed by atoms with van der Waals surface area (Å²) in [4.78, 5) is 6.10. The lowest BCUT2D eigenvalue weighted by Gasteiger charge is -2.19. The highest BCUT2D eigenvalue weighted by Gasteiger charge is 2.03. The Morgan fingerprint density at radius 1 is 1.25 bits per heavy atom. The number of para-hydroxylation sites is 1. The monoisotopic (exact) mass is 267 g/mol. The summed E-state index contributed by atoms with van der Waals surface area (Å²) in [6.45, 7) is 3.38. The molecule has 0 spiro atoms. The van der Waals surface area contributed by atoms with Crippen molar-refractivity contribution in [3.63, 3.8) is 0 Å². The second-order valence-corrected chi connectivity index (χ2v) is 4.55. The van der Waals surface area contributed by atoms with E-state index in [0.29, 0.717) is 12.3 Å². The molecule has 1 aromatic carbocycles. The fraction of sp³-hybridized carbons (Fsp3) is 0.250. The number of aryl methyl sites for hydroxylation is 1. The molecule has 0 aliphatic rings. The molecule has 0 aliphatic carbocycles. The lowest BCUT2D eigenvalue weighted by atomic mass is 10.2. The Hall–Kier alpha value is -2.54. The molecule has 0 atom stereocenters. The molecule has 2 rings (SSSR count). The Morgan fingerprint density at radius 2 is 2.05 bits per heavy atom. The number of nitriles is 1. The van der Waals surface area contributed by atoms with Gasteiger partial charge in [-0.05, 0) is 30.7 Å². The van der Waals surface area contributed by atoms with Crippen LogP contribution in [0.25, 0.3) is 0 Å². The smallest absolute Gasteiger partial charge is 0.140 e. The summed E-state index contributed by atoms with van der Waals surface area (Å²) in [5.74, 6) is 0.916. The van der Waals surface area contributed by atoms with Gasteiger partial charge in [0.25, 0.3) is 0 Å². The Labute approximate surface area is 119 Å². The van der Waals surface area contributed by atoms with Crippen molar-refractivity contribution in [2.24, 2.45) is 0 Å². The number of hydrogen-bond acceptors (Lipinski definition) is 4. The lowest BCUT2D eigenvalue weighted by molar-refractivity contribution is 0.324. The summed E-state index contributed by atoms with van der Waals surface area (Å²) in [5, 5.41) is 8.71. The van der Waals surface area contributed by atoms with E-state index < -0.39 is 0 Å². The third-order valence-electron chi connectivity index (χ3n) is 3.08. The van der Waals surface area contributed by atoms with Gasteiger partial charge in [0.1, 0.15) is 24.1 Å². The highest BCUT2D eigenvalue weighted by Crippen LogP contribution is 2.16. The van der Waals surface area contributed by atoms with E-state index in [4.69, 9.17) is 10.00 Å². The molecule has 0 N–H and O–H groups in total. The Kier molecular flexibility index (Phi) is 4.56. The zero-order chi connectivity index (χ0) is 14.4. The van der Waals surface area contributed by atoms with Crippen LogP contribution in [0, 0.1) is 18.3 Å². The molecule has 0 fully saturated rings. The topological polar surface area (TPSA) is 49.1 Å². The summed E-state index contributed by atoms with van der Waals surface area (Å²) in [5.41, 5.74) is 2.53. The molecule has 4 nitrogen and oxygen atoms in total. The van der Waals surface area contributed by atoms with Crippen molar-refractivity contribution in [1.29, 1.82) is 5.26 Å². The Balaban J connectivity index is 1.87. The molecule has 102 valence electrons. The van der Waals surface area contributed by atoms with Gasteiger partial charge in [0.2, 0.25) is 0 Å². The number of rotatable bonds is 5. The Bertz CT molecular complexity index is 602. The zero-order valence-corrected chi connectivity index (χ0v) is 11.7. The number of ether oxygens (including phenoxy) is 1. The van der Waals surface area contributed by atoms with E-state index in [1.54, 1.807) is 12.3 Å². The third-order valence-corrected chi connectivity index (χ3v) is 3.08. The first kappa shape index (κ1) is 13.9. The minimum Gasteiger partial charge on any atom is -0.491 e. The van der Waals surface area contributed by atoms with Crippen LogP contribution in [-0.2, 0) is 0 Å². The van der Waals surface area contributed by atoms with Crippen molar-refractivity contribution in [3.05, 3.63) is 53.9 Å². The fourth-order valence-electron chi connectivity index (χ4n) is 1.82. The van der Waals surface area contributed by atoms with Crippen molar-refractivity contribution in [2.75, 3.05) is 25.1 Å². The number of pyridine rings is 1. The van der Waals surface area contributed by atoms with Crippen LogP contribution in [-0.4, -0.2) is 25.2 Å². The van der Waals surface area contributed by atoms with E-state index in [-0.39, 0.29) is 0 Å². The lowest BCUT2D eigenvalue weighted by Crippen LogP contribution is -2.24. The minimum absolute atomic E-state index is 0.429. The van der Waals surface area contributed by atoms with Gasteiger partial charge >= 0.3 is 0 Å². The van der Waals surface area contributed by atoms with Crippen LogP contribution in [0.2, 0.25) is 0 Å². The van der Waals surface area contributed by atoms with Crippen LogP contribution in [0.15, 0.2) is 42.6 Å². The normalized spacial score (nSPS) is 9.85. The van der Waals surface area contributed by atoms with Crippen LogP contribution < -0.4 is 9.64 Å². The highest BCUT2D eigenvalue weighted by molar-refractivity contribution is 5.45. The van der Waals surface area contributed by atoms with Gasteiger partial charge in [-0.25, -0.2) is 4.98 Å². The van der Waals surface area contributed by atoms with Gasteiger partial charge < -0.3 is 9.64 Å². The number of hydrogen-bond donors (Lipinski definition) is 0. The first-order valence-electron chi connectivity index (χ1n) is 6.46. The van der Waals surface area contributed by atoms with E-state index in [9.17, 15) is 0 Å². The molecule has 1 heterocycles. The van der Waals surface area contributed by atoms with E-state index in [2.05, 4.69) is 4.98 Å². The molecule has 4 heteroatoms. The fourth-order valence-corrected chi connectivity index (χ4v) is 1.82. The SMILES string of the molecule is Cc1ccccc1OCCN(C)c1ccc(C#N)nc1. The van der Waals surface area contributed by atoms with Crippen molar-refractivity contribution in [2.45, 2.75) is 6.92 Å². The van der Waals surface area contributed by atoms with Gasteiger partial charge in [0, 0.05) is 7.05 Å². The molecule has 0 aliphatic heterocycles. The molecule has 0 unspecified atom stereocenters. The quantitative estimate of drug-likeness (QED) is 0.835. The third kappa shape index (κ3) is 3.48. The van der Waals surface area contributed by atoms with Gasteiger partial charge in [0.05, 0.1) is 18.4 Å². The number of likely N-dealkylation sites (N-methyl/N-ethyl adjacent to an activating group) is 1. The van der Waals surface area contributed by atoms with Gasteiger partial charge in [0.15, 0.2) is 0 Å². The van der Waals surface area contributed by atoms with Crippen molar-refractivity contribution in [1.82, 2.24) is 4.98 Å². The molecule has 0 bridgehead atoms. The molecular formula is C16H17N3O. The highest BCUT2D eigenvalue weighted by atomic mass is 16.5. The maximum absolute atomic E-state index is 8.71. The van der Waals surface area contributed by atoms with E-state index in [1.807, 2.05) is 55.3 Å². The molecule has 1 aromatic heterocycles.